The molecule has 2 fully saturated rings. The number of pyridine rings is 1. The maximum Gasteiger partial charge on any atom is 0.0892 e. The van der Waals surface area contributed by atoms with Crippen LogP contribution in [-0.4, -0.2) is 62.9 Å². The molecule has 0 aromatic carbocycles. The normalized spacial score (nSPS) is 25.0. The molecule has 0 unspecified atom stereocenters. The molecule has 4 rings (SSSR count). The van der Waals surface area contributed by atoms with Gasteiger partial charge in [-0.2, -0.15) is 5.10 Å². The van der Waals surface area contributed by atoms with Gasteiger partial charge in [-0.15, -0.1) is 0 Å². The maximum atomic E-state index is 6.10. The number of ether oxygens (including phenoxy) is 1. The van der Waals surface area contributed by atoms with Gasteiger partial charge in [-0.3, -0.25) is 19.5 Å². The Labute approximate surface area is 143 Å². The molecule has 2 atom stereocenters. The second kappa shape index (κ2) is 7.01. The average Bonchev–Trinajstić information content (AvgIpc) is 3.19. The smallest absolute Gasteiger partial charge is 0.0892 e. The highest BCUT2D eigenvalue weighted by atomic mass is 16.5. The van der Waals surface area contributed by atoms with Gasteiger partial charge in [-0.05, 0) is 18.6 Å². The molecular weight excluding hydrogens is 302 g/mol. The van der Waals surface area contributed by atoms with E-state index in [1.165, 1.54) is 5.56 Å². The molecule has 2 aromatic heterocycles. The van der Waals surface area contributed by atoms with E-state index in [9.17, 15) is 0 Å². The summed E-state index contributed by atoms with van der Waals surface area (Å²) < 4.78 is 7.98. The van der Waals surface area contributed by atoms with Gasteiger partial charge in [-0.25, -0.2) is 0 Å². The Hall–Kier alpha value is -1.76. The van der Waals surface area contributed by atoms with E-state index in [0.29, 0.717) is 18.8 Å². The molecule has 0 saturated carbocycles. The number of piperazine rings is 1. The van der Waals surface area contributed by atoms with Crippen LogP contribution in [0, 0.1) is 0 Å². The number of hydrogen-bond acceptors (Lipinski definition) is 5. The van der Waals surface area contributed by atoms with Crippen LogP contribution in [0.1, 0.15) is 17.7 Å². The lowest BCUT2D eigenvalue weighted by Crippen LogP contribution is -2.49. The quantitative estimate of drug-likeness (QED) is 0.828. The summed E-state index contributed by atoms with van der Waals surface area (Å²) in [5.74, 6) is 0. The van der Waals surface area contributed by atoms with Crippen molar-refractivity contribution in [1.29, 1.82) is 0 Å². The molecule has 4 heterocycles. The average molecular weight is 327 g/mol. The maximum absolute atomic E-state index is 6.10. The van der Waals surface area contributed by atoms with Crippen LogP contribution in [0.5, 0.6) is 0 Å². The fourth-order valence-electron chi connectivity index (χ4n) is 3.82. The van der Waals surface area contributed by atoms with Gasteiger partial charge < -0.3 is 4.74 Å². The molecule has 128 valence electrons. The molecule has 0 N–H and O–H groups in total. The number of fused-ring (bicyclic) bond motifs is 1. The highest BCUT2D eigenvalue weighted by Gasteiger charge is 2.36. The summed E-state index contributed by atoms with van der Waals surface area (Å²) in [7, 11) is 1.97. The molecule has 0 bridgehead atoms. The van der Waals surface area contributed by atoms with Gasteiger partial charge in [0.2, 0.25) is 0 Å². The van der Waals surface area contributed by atoms with Crippen molar-refractivity contribution in [1.82, 2.24) is 24.6 Å². The highest BCUT2D eigenvalue weighted by molar-refractivity contribution is 5.05. The first-order chi connectivity index (χ1) is 11.8. The van der Waals surface area contributed by atoms with Crippen LogP contribution in [-0.2, 0) is 24.9 Å². The van der Waals surface area contributed by atoms with E-state index in [4.69, 9.17) is 4.74 Å². The van der Waals surface area contributed by atoms with Gasteiger partial charge in [0.1, 0.15) is 0 Å². The second-order valence-electron chi connectivity index (χ2n) is 6.90. The molecule has 6 heteroatoms. The van der Waals surface area contributed by atoms with E-state index in [-0.39, 0.29) is 0 Å². The van der Waals surface area contributed by atoms with Gasteiger partial charge in [0, 0.05) is 63.8 Å². The van der Waals surface area contributed by atoms with Crippen molar-refractivity contribution in [2.75, 3.05) is 26.2 Å². The summed E-state index contributed by atoms with van der Waals surface area (Å²) in [5, 5.41) is 4.27. The van der Waals surface area contributed by atoms with Gasteiger partial charge in [-0.1, -0.05) is 6.07 Å². The fourth-order valence-corrected chi connectivity index (χ4v) is 3.82. The van der Waals surface area contributed by atoms with E-state index in [2.05, 4.69) is 26.1 Å². The number of aromatic nitrogens is 3. The number of hydrogen-bond donors (Lipinski definition) is 0. The van der Waals surface area contributed by atoms with Crippen molar-refractivity contribution < 1.29 is 4.74 Å². The van der Waals surface area contributed by atoms with Gasteiger partial charge in [0.15, 0.2) is 0 Å². The van der Waals surface area contributed by atoms with Crippen LogP contribution >= 0.6 is 0 Å². The van der Waals surface area contributed by atoms with Crippen molar-refractivity contribution >= 4 is 0 Å². The zero-order chi connectivity index (χ0) is 16.4. The van der Waals surface area contributed by atoms with Crippen LogP contribution in [0.15, 0.2) is 36.8 Å². The first kappa shape index (κ1) is 15.7. The highest BCUT2D eigenvalue weighted by Crippen LogP contribution is 2.25. The molecule has 24 heavy (non-hydrogen) atoms. The molecule has 2 aromatic rings. The van der Waals surface area contributed by atoms with Crippen molar-refractivity contribution in [3.8, 4) is 0 Å². The number of nitrogens with zero attached hydrogens (tertiary/aromatic N) is 5. The minimum Gasteiger partial charge on any atom is -0.371 e. The van der Waals surface area contributed by atoms with Crippen molar-refractivity contribution in [3.05, 3.63) is 48.0 Å². The summed E-state index contributed by atoms with van der Waals surface area (Å²) in [6.45, 7) is 6.05. The lowest BCUT2D eigenvalue weighted by atomic mass is 10.1. The molecular formula is C18H25N5O. The Kier molecular flexibility index (Phi) is 4.60. The Bertz CT molecular complexity index is 658. The minimum absolute atomic E-state index is 0.329. The number of aryl methyl sites for hydroxylation is 1. The van der Waals surface area contributed by atoms with Crippen LogP contribution < -0.4 is 0 Å². The number of rotatable bonds is 5. The molecule has 2 aliphatic heterocycles. The van der Waals surface area contributed by atoms with Gasteiger partial charge in [0.25, 0.3) is 0 Å². The fraction of sp³-hybridized carbons (Fsp3) is 0.556. The third kappa shape index (κ3) is 3.66. The second-order valence-corrected chi connectivity index (χ2v) is 6.90. The molecule has 2 saturated heterocycles. The molecule has 0 spiro atoms. The predicted molar refractivity (Wildman–Crippen MR) is 91.3 cm³/mol. The summed E-state index contributed by atoms with van der Waals surface area (Å²) in [6, 6.07) is 6.60. The van der Waals surface area contributed by atoms with Crippen molar-refractivity contribution in [2.45, 2.75) is 31.7 Å². The summed E-state index contributed by atoms with van der Waals surface area (Å²) in [4.78, 5) is 9.46. The Balaban J connectivity index is 1.27. The van der Waals surface area contributed by atoms with Crippen LogP contribution in [0.25, 0.3) is 0 Å². The van der Waals surface area contributed by atoms with E-state index in [1.54, 1.807) is 0 Å². The first-order valence-corrected chi connectivity index (χ1v) is 8.72. The van der Waals surface area contributed by atoms with Crippen molar-refractivity contribution in [3.63, 3.8) is 0 Å². The lowest BCUT2D eigenvalue weighted by molar-refractivity contribution is 0.0440. The summed E-state index contributed by atoms with van der Waals surface area (Å²) >= 11 is 0. The Morgan fingerprint density at radius 3 is 3.00 bits per heavy atom. The van der Waals surface area contributed by atoms with Crippen LogP contribution in [0.4, 0.5) is 0 Å². The van der Waals surface area contributed by atoms with Crippen LogP contribution in [0.2, 0.25) is 0 Å². The molecule has 6 nitrogen and oxygen atoms in total. The molecule has 0 radical (unpaired) electrons. The largest absolute Gasteiger partial charge is 0.371 e. The Morgan fingerprint density at radius 2 is 2.21 bits per heavy atom. The van der Waals surface area contributed by atoms with E-state index in [0.717, 1.165) is 44.8 Å². The van der Waals surface area contributed by atoms with Gasteiger partial charge in [0.05, 0.1) is 24.6 Å². The van der Waals surface area contributed by atoms with Gasteiger partial charge >= 0.3 is 0 Å². The zero-order valence-corrected chi connectivity index (χ0v) is 14.2. The van der Waals surface area contributed by atoms with Crippen molar-refractivity contribution in [2.24, 2.45) is 7.05 Å². The third-order valence-corrected chi connectivity index (χ3v) is 5.02. The summed E-state index contributed by atoms with van der Waals surface area (Å²) in [5.41, 5.74) is 2.31. The van der Waals surface area contributed by atoms with Crippen LogP contribution in [0.3, 0.4) is 0 Å². The predicted octanol–water partition coefficient (Wildman–Crippen LogP) is 1.29. The monoisotopic (exact) mass is 327 g/mol. The third-order valence-electron chi connectivity index (χ3n) is 5.02. The lowest BCUT2D eigenvalue weighted by Gasteiger charge is -2.37. The standard InChI is InChI=1S/C18H25N5O/c1-21-10-15(9-20-21)11-22-6-7-23-13-18(8-17(23)12-22)24-14-16-4-2-3-5-19-16/h2-5,9-10,17-18H,6-8,11-14H2,1H3/t17-,18+/m0/s1. The first-order valence-electron chi connectivity index (χ1n) is 8.72. The van der Waals surface area contributed by atoms with E-state index < -0.39 is 0 Å². The zero-order valence-electron chi connectivity index (χ0n) is 14.2. The molecule has 0 aliphatic carbocycles. The topological polar surface area (TPSA) is 46.4 Å². The SMILES string of the molecule is Cn1cc(CN2CCN3C[C@H](OCc4ccccn4)C[C@H]3C2)cn1. The minimum atomic E-state index is 0.329. The molecule has 2 aliphatic rings. The van der Waals surface area contributed by atoms with E-state index >= 15 is 0 Å². The Morgan fingerprint density at radius 1 is 1.25 bits per heavy atom. The molecule has 0 amide bonds. The summed E-state index contributed by atoms with van der Waals surface area (Å²) in [6.07, 6.45) is 7.36. The van der Waals surface area contributed by atoms with E-state index in [1.807, 2.05) is 42.3 Å².